The number of nitriles is 1. The van der Waals surface area contributed by atoms with Crippen molar-refractivity contribution in [1.29, 1.82) is 5.26 Å². The van der Waals surface area contributed by atoms with Crippen LogP contribution >= 0.6 is 27.5 Å². The lowest BCUT2D eigenvalue weighted by Gasteiger charge is -2.28. The maximum Gasteiger partial charge on any atom is 0.100 e. The van der Waals surface area contributed by atoms with Crippen LogP contribution in [0.1, 0.15) is 24.1 Å². The second-order valence-electron chi connectivity index (χ2n) is 4.58. The Balaban J connectivity index is 2.32. The third kappa shape index (κ3) is 2.98. The minimum absolute atomic E-state index is 0.142. The molecule has 1 unspecified atom stereocenters. The summed E-state index contributed by atoms with van der Waals surface area (Å²) in [5, 5.41) is 9.72. The van der Waals surface area contributed by atoms with Crippen LogP contribution in [0.25, 0.3) is 0 Å². The largest absolute Gasteiger partial charge is 0.368 e. The average Bonchev–Trinajstić information content (AvgIpc) is 2.46. The Kier molecular flexibility index (Phi) is 4.69. The predicted octanol–water partition coefficient (Wildman–Crippen LogP) is 5.17. The quantitative estimate of drug-likeness (QED) is 0.764. The molecule has 0 spiro atoms. The molecule has 0 saturated heterocycles. The van der Waals surface area contributed by atoms with Gasteiger partial charge in [0.1, 0.15) is 6.07 Å². The van der Waals surface area contributed by atoms with Gasteiger partial charge in [0.25, 0.3) is 0 Å². The molecule has 0 aliphatic carbocycles. The highest BCUT2D eigenvalue weighted by atomic mass is 79.9. The minimum atomic E-state index is 0.142. The summed E-state index contributed by atoms with van der Waals surface area (Å²) in [5.41, 5.74) is 2.74. The Labute approximate surface area is 132 Å². The van der Waals surface area contributed by atoms with E-state index in [0.29, 0.717) is 5.56 Å². The topological polar surface area (TPSA) is 27.0 Å². The minimum Gasteiger partial charge on any atom is -0.368 e. The van der Waals surface area contributed by atoms with E-state index in [-0.39, 0.29) is 6.04 Å². The number of hydrogen-bond acceptors (Lipinski definition) is 2. The zero-order valence-electron chi connectivity index (χ0n) is 11.3. The van der Waals surface area contributed by atoms with Crippen LogP contribution in [0.5, 0.6) is 0 Å². The first kappa shape index (κ1) is 14.9. The van der Waals surface area contributed by atoms with Crippen molar-refractivity contribution in [2.45, 2.75) is 13.0 Å². The van der Waals surface area contributed by atoms with Crippen molar-refractivity contribution in [3.8, 4) is 6.07 Å². The van der Waals surface area contributed by atoms with Crippen LogP contribution in [-0.2, 0) is 0 Å². The second kappa shape index (κ2) is 6.30. The lowest BCUT2D eigenvalue weighted by molar-refractivity contribution is 0.740. The highest BCUT2D eigenvalue weighted by Crippen LogP contribution is 2.31. The SMILES string of the molecule is CC(c1ccccc1Cl)N(C)c1ccc(C#N)c(Br)c1. The normalized spacial score (nSPS) is 11.8. The Morgan fingerprint density at radius 3 is 2.55 bits per heavy atom. The molecule has 0 aliphatic rings. The molecule has 0 heterocycles. The standard InChI is InChI=1S/C16H14BrClN2/c1-11(14-5-3-4-6-16(14)18)20(2)13-8-7-12(10-19)15(17)9-13/h3-9,11H,1-2H3. The van der Waals surface area contributed by atoms with Gasteiger partial charge >= 0.3 is 0 Å². The lowest BCUT2D eigenvalue weighted by Crippen LogP contribution is -2.21. The van der Waals surface area contributed by atoms with Crippen LogP contribution in [0.3, 0.4) is 0 Å². The molecule has 2 rings (SSSR count). The first-order valence-corrected chi connectivity index (χ1v) is 7.38. The molecule has 102 valence electrons. The molecule has 0 fully saturated rings. The Hall–Kier alpha value is -1.50. The van der Waals surface area contributed by atoms with Crippen molar-refractivity contribution in [3.63, 3.8) is 0 Å². The number of nitrogens with zero attached hydrogens (tertiary/aromatic N) is 2. The third-order valence-electron chi connectivity index (χ3n) is 3.42. The van der Waals surface area contributed by atoms with Gasteiger partial charge in [-0.15, -0.1) is 0 Å². The molecule has 0 bridgehead atoms. The number of anilines is 1. The molecule has 0 aliphatic heterocycles. The fourth-order valence-electron chi connectivity index (χ4n) is 2.06. The van der Waals surface area contributed by atoms with Gasteiger partial charge < -0.3 is 4.90 Å². The Morgan fingerprint density at radius 2 is 1.95 bits per heavy atom. The summed E-state index contributed by atoms with van der Waals surface area (Å²) in [7, 11) is 2.02. The maximum atomic E-state index is 8.96. The van der Waals surface area contributed by atoms with E-state index in [4.69, 9.17) is 16.9 Å². The second-order valence-corrected chi connectivity index (χ2v) is 5.85. The van der Waals surface area contributed by atoms with Gasteiger partial charge in [0.15, 0.2) is 0 Å². The highest BCUT2D eigenvalue weighted by Gasteiger charge is 2.15. The van der Waals surface area contributed by atoms with E-state index in [1.54, 1.807) is 0 Å². The fraction of sp³-hybridized carbons (Fsp3) is 0.188. The molecule has 2 aromatic rings. The molecule has 0 aromatic heterocycles. The van der Waals surface area contributed by atoms with Crippen molar-refractivity contribution in [2.75, 3.05) is 11.9 Å². The van der Waals surface area contributed by atoms with Crippen LogP contribution in [0, 0.1) is 11.3 Å². The van der Waals surface area contributed by atoms with Crippen LogP contribution in [0.2, 0.25) is 5.02 Å². The number of benzene rings is 2. The highest BCUT2D eigenvalue weighted by molar-refractivity contribution is 9.10. The Bertz CT molecular complexity index is 664. The van der Waals surface area contributed by atoms with E-state index in [0.717, 1.165) is 20.7 Å². The van der Waals surface area contributed by atoms with Gasteiger partial charge in [-0.2, -0.15) is 5.26 Å². The molecular formula is C16H14BrClN2. The third-order valence-corrected chi connectivity index (χ3v) is 4.42. The molecule has 2 aromatic carbocycles. The molecule has 0 amide bonds. The summed E-state index contributed by atoms with van der Waals surface area (Å²) in [5.74, 6) is 0. The smallest absolute Gasteiger partial charge is 0.100 e. The average molecular weight is 350 g/mol. The van der Waals surface area contributed by atoms with Crippen molar-refractivity contribution in [1.82, 2.24) is 0 Å². The first-order valence-electron chi connectivity index (χ1n) is 6.21. The molecule has 4 heteroatoms. The summed E-state index contributed by atoms with van der Waals surface area (Å²) >= 11 is 9.67. The summed E-state index contributed by atoms with van der Waals surface area (Å²) in [6.45, 7) is 2.10. The molecule has 0 saturated carbocycles. The molecule has 2 nitrogen and oxygen atoms in total. The van der Waals surface area contributed by atoms with Gasteiger partial charge in [-0.05, 0) is 52.7 Å². The number of rotatable bonds is 3. The van der Waals surface area contributed by atoms with Crippen molar-refractivity contribution < 1.29 is 0 Å². The maximum absolute atomic E-state index is 8.96. The first-order chi connectivity index (χ1) is 9.54. The van der Waals surface area contributed by atoms with Crippen LogP contribution in [-0.4, -0.2) is 7.05 Å². The molecule has 20 heavy (non-hydrogen) atoms. The molecule has 0 radical (unpaired) electrons. The zero-order chi connectivity index (χ0) is 14.7. The lowest BCUT2D eigenvalue weighted by atomic mass is 10.1. The molecule has 1 atom stereocenters. The van der Waals surface area contributed by atoms with Gasteiger partial charge in [0.2, 0.25) is 0 Å². The van der Waals surface area contributed by atoms with Gasteiger partial charge in [-0.1, -0.05) is 29.8 Å². The molecular weight excluding hydrogens is 336 g/mol. The number of hydrogen-bond donors (Lipinski definition) is 0. The van der Waals surface area contributed by atoms with Crippen LogP contribution < -0.4 is 4.90 Å². The predicted molar refractivity (Wildman–Crippen MR) is 87.1 cm³/mol. The van der Waals surface area contributed by atoms with Crippen LogP contribution in [0.15, 0.2) is 46.9 Å². The van der Waals surface area contributed by atoms with Crippen molar-refractivity contribution in [2.24, 2.45) is 0 Å². The summed E-state index contributed by atoms with van der Waals surface area (Å²) in [6, 6.07) is 15.8. The van der Waals surface area contributed by atoms with E-state index in [1.807, 2.05) is 49.5 Å². The summed E-state index contributed by atoms with van der Waals surface area (Å²) < 4.78 is 0.802. The van der Waals surface area contributed by atoms with Crippen molar-refractivity contribution in [3.05, 3.63) is 63.1 Å². The van der Waals surface area contributed by atoms with Crippen molar-refractivity contribution >= 4 is 33.2 Å². The van der Waals surface area contributed by atoms with Gasteiger partial charge in [0, 0.05) is 22.2 Å². The van der Waals surface area contributed by atoms with E-state index >= 15 is 0 Å². The van der Waals surface area contributed by atoms with Gasteiger partial charge in [-0.25, -0.2) is 0 Å². The van der Waals surface area contributed by atoms with Gasteiger partial charge in [-0.3, -0.25) is 0 Å². The molecule has 0 N–H and O–H groups in total. The summed E-state index contributed by atoms with van der Waals surface area (Å²) in [6.07, 6.45) is 0. The summed E-state index contributed by atoms with van der Waals surface area (Å²) in [4.78, 5) is 2.13. The van der Waals surface area contributed by atoms with E-state index in [9.17, 15) is 0 Å². The fourth-order valence-corrected chi connectivity index (χ4v) is 2.81. The van der Waals surface area contributed by atoms with E-state index in [2.05, 4.69) is 33.8 Å². The van der Waals surface area contributed by atoms with E-state index < -0.39 is 0 Å². The zero-order valence-corrected chi connectivity index (χ0v) is 13.6. The number of halogens is 2. The monoisotopic (exact) mass is 348 g/mol. The van der Waals surface area contributed by atoms with E-state index in [1.165, 1.54) is 0 Å². The Morgan fingerprint density at radius 1 is 1.25 bits per heavy atom. The van der Waals surface area contributed by atoms with Crippen LogP contribution in [0.4, 0.5) is 5.69 Å². The van der Waals surface area contributed by atoms with Gasteiger partial charge in [0.05, 0.1) is 11.6 Å².